The van der Waals surface area contributed by atoms with Crippen LogP contribution in [0.2, 0.25) is 0 Å². The zero-order valence-electron chi connectivity index (χ0n) is 13.4. The summed E-state index contributed by atoms with van der Waals surface area (Å²) in [6.45, 7) is 2.03. The van der Waals surface area contributed by atoms with Gasteiger partial charge in [0.05, 0.1) is 33.8 Å². The minimum Gasteiger partial charge on any atom is -0.462 e. The second kappa shape index (κ2) is 6.14. The molecule has 4 aromatic rings. The number of ketones is 1. The fourth-order valence-corrected chi connectivity index (χ4v) is 3.57. The van der Waals surface area contributed by atoms with Crippen LogP contribution in [0.4, 0.5) is 0 Å². The number of ether oxygens (including phenoxy) is 1. The highest BCUT2D eigenvalue weighted by atomic mass is 32.1. The molecule has 124 valence electrons. The van der Waals surface area contributed by atoms with Crippen LogP contribution in [0.1, 0.15) is 32.6 Å². The number of carbonyl (C=O) groups excluding carboxylic acids is 2. The van der Waals surface area contributed by atoms with Gasteiger partial charge in [-0.25, -0.2) is 9.78 Å². The standard InChI is InChI=1S/C19H14N2O3S/c1-2-24-19(23)13-10-15(18(22)16-8-5-9-25-16)21-11-20-14-7-4-3-6-12(14)17(13)21/h3-11H,2H2,1H3. The fraction of sp³-hybridized carbons (Fsp3) is 0.105. The Bertz CT molecular complexity index is 1100. The van der Waals surface area contributed by atoms with Crippen molar-refractivity contribution in [3.05, 3.63) is 70.3 Å². The molecule has 0 atom stereocenters. The molecule has 1 aromatic carbocycles. The van der Waals surface area contributed by atoms with Crippen LogP contribution < -0.4 is 0 Å². The highest BCUT2D eigenvalue weighted by Crippen LogP contribution is 2.27. The van der Waals surface area contributed by atoms with Crippen molar-refractivity contribution in [3.63, 3.8) is 0 Å². The summed E-state index contributed by atoms with van der Waals surface area (Å²) >= 11 is 1.37. The van der Waals surface area contributed by atoms with E-state index in [9.17, 15) is 9.59 Å². The Morgan fingerprint density at radius 3 is 2.80 bits per heavy atom. The van der Waals surface area contributed by atoms with Gasteiger partial charge in [0.15, 0.2) is 0 Å². The summed E-state index contributed by atoms with van der Waals surface area (Å²) in [6.07, 6.45) is 1.58. The molecule has 6 heteroatoms. The molecule has 0 spiro atoms. The van der Waals surface area contributed by atoms with E-state index < -0.39 is 5.97 Å². The molecule has 0 saturated carbocycles. The van der Waals surface area contributed by atoms with E-state index in [0.717, 1.165) is 10.9 Å². The number of esters is 1. The highest BCUT2D eigenvalue weighted by molar-refractivity contribution is 7.12. The molecule has 25 heavy (non-hydrogen) atoms. The molecule has 3 heterocycles. The molecule has 0 bridgehead atoms. The minimum absolute atomic E-state index is 0.141. The number of nitrogens with zero attached hydrogens (tertiary/aromatic N) is 2. The van der Waals surface area contributed by atoms with E-state index in [2.05, 4.69) is 4.98 Å². The second-order valence-corrected chi connectivity index (χ2v) is 6.40. The summed E-state index contributed by atoms with van der Waals surface area (Å²) in [5.74, 6) is -0.584. The number of hydrogen-bond donors (Lipinski definition) is 0. The molecule has 4 rings (SSSR count). The van der Waals surface area contributed by atoms with Gasteiger partial charge in [-0.05, 0) is 30.5 Å². The monoisotopic (exact) mass is 350 g/mol. The Kier molecular flexibility index (Phi) is 3.82. The van der Waals surface area contributed by atoms with Crippen LogP contribution in [0.5, 0.6) is 0 Å². The van der Waals surface area contributed by atoms with E-state index >= 15 is 0 Å². The van der Waals surface area contributed by atoms with Gasteiger partial charge in [-0.3, -0.25) is 9.20 Å². The summed E-state index contributed by atoms with van der Waals surface area (Å²) in [4.78, 5) is 30.3. The lowest BCUT2D eigenvalue weighted by atomic mass is 10.1. The molecular formula is C19H14N2O3S. The SMILES string of the molecule is CCOC(=O)c1cc(C(=O)c2cccs2)n2cnc3ccccc3c12. The molecule has 0 unspecified atom stereocenters. The highest BCUT2D eigenvalue weighted by Gasteiger charge is 2.23. The predicted octanol–water partition coefficient (Wildman–Crippen LogP) is 3.96. The van der Waals surface area contributed by atoms with E-state index in [4.69, 9.17) is 4.74 Å². The van der Waals surface area contributed by atoms with Crippen LogP contribution in [-0.4, -0.2) is 27.7 Å². The lowest BCUT2D eigenvalue weighted by molar-refractivity contribution is 0.0529. The number of fused-ring (bicyclic) bond motifs is 3. The van der Waals surface area contributed by atoms with Gasteiger partial charge in [-0.15, -0.1) is 11.3 Å². The van der Waals surface area contributed by atoms with Crippen molar-refractivity contribution in [1.82, 2.24) is 9.38 Å². The van der Waals surface area contributed by atoms with Crippen molar-refractivity contribution in [2.45, 2.75) is 6.92 Å². The van der Waals surface area contributed by atoms with Crippen LogP contribution in [0.25, 0.3) is 16.4 Å². The molecular weight excluding hydrogens is 336 g/mol. The number of aromatic nitrogens is 2. The quantitative estimate of drug-likeness (QED) is 0.413. The summed E-state index contributed by atoms with van der Waals surface area (Å²) in [5.41, 5.74) is 2.18. The van der Waals surface area contributed by atoms with Gasteiger partial charge < -0.3 is 4.74 Å². The largest absolute Gasteiger partial charge is 0.462 e. The Morgan fingerprint density at radius 2 is 2.04 bits per heavy atom. The number of thiophene rings is 1. The topological polar surface area (TPSA) is 60.7 Å². The van der Waals surface area contributed by atoms with E-state index in [1.807, 2.05) is 35.7 Å². The number of rotatable bonds is 4. The fourth-order valence-electron chi connectivity index (χ4n) is 2.90. The predicted molar refractivity (Wildman–Crippen MR) is 96.4 cm³/mol. The third-order valence-corrected chi connectivity index (χ3v) is 4.85. The molecule has 0 aliphatic heterocycles. The van der Waals surface area contributed by atoms with E-state index in [1.54, 1.807) is 29.8 Å². The van der Waals surface area contributed by atoms with Crippen molar-refractivity contribution in [2.24, 2.45) is 0 Å². The lowest BCUT2D eigenvalue weighted by Gasteiger charge is -2.05. The molecule has 0 radical (unpaired) electrons. The van der Waals surface area contributed by atoms with E-state index in [0.29, 0.717) is 21.7 Å². The van der Waals surface area contributed by atoms with Crippen LogP contribution in [0.3, 0.4) is 0 Å². The summed E-state index contributed by atoms with van der Waals surface area (Å²) in [5, 5.41) is 2.65. The number of para-hydroxylation sites is 1. The van der Waals surface area contributed by atoms with E-state index in [-0.39, 0.29) is 12.4 Å². The molecule has 0 fully saturated rings. The van der Waals surface area contributed by atoms with Gasteiger partial charge in [0, 0.05) is 5.39 Å². The molecule has 5 nitrogen and oxygen atoms in total. The Balaban J connectivity index is 2.03. The Morgan fingerprint density at radius 1 is 1.20 bits per heavy atom. The molecule has 0 saturated heterocycles. The first-order chi connectivity index (χ1) is 12.2. The van der Waals surface area contributed by atoms with Crippen molar-refractivity contribution >= 4 is 39.5 Å². The van der Waals surface area contributed by atoms with Crippen LogP contribution in [0, 0.1) is 0 Å². The minimum atomic E-state index is -0.443. The Hall–Kier alpha value is -2.99. The summed E-state index contributed by atoms with van der Waals surface area (Å²) in [7, 11) is 0. The molecule has 0 N–H and O–H groups in total. The Labute approximate surface area is 147 Å². The maximum atomic E-state index is 12.9. The molecule has 0 amide bonds. The van der Waals surface area contributed by atoms with Crippen molar-refractivity contribution in [3.8, 4) is 0 Å². The first-order valence-corrected chi connectivity index (χ1v) is 8.72. The number of hydrogen-bond acceptors (Lipinski definition) is 5. The summed E-state index contributed by atoms with van der Waals surface area (Å²) < 4.78 is 6.86. The van der Waals surface area contributed by atoms with Gasteiger partial charge in [-0.1, -0.05) is 24.3 Å². The van der Waals surface area contributed by atoms with Gasteiger partial charge in [0.25, 0.3) is 0 Å². The van der Waals surface area contributed by atoms with Gasteiger partial charge in [0.1, 0.15) is 6.33 Å². The normalized spacial score (nSPS) is 11.1. The van der Waals surface area contributed by atoms with Crippen LogP contribution in [0.15, 0.2) is 54.2 Å². The number of benzene rings is 1. The second-order valence-electron chi connectivity index (χ2n) is 5.45. The van der Waals surface area contributed by atoms with Crippen molar-refractivity contribution < 1.29 is 14.3 Å². The summed E-state index contributed by atoms with van der Waals surface area (Å²) in [6, 6.07) is 12.7. The number of carbonyl (C=O) groups is 2. The molecule has 0 aliphatic carbocycles. The third kappa shape index (κ3) is 2.51. The van der Waals surface area contributed by atoms with E-state index in [1.165, 1.54) is 11.3 Å². The smallest absolute Gasteiger partial charge is 0.340 e. The lowest BCUT2D eigenvalue weighted by Crippen LogP contribution is -2.04. The maximum absolute atomic E-state index is 12.9. The van der Waals surface area contributed by atoms with Gasteiger partial charge in [0.2, 0.25) is 5.78 Å². The van der Waals surface area contributed by atoms with Crippen LogP contribution in [-0.2, 0) is 4.74 Å². The van der Waals surface area contributed by atoms with Gasteiger partial charge in [-0.2, -0.15) is 0 Å². The third-order valence-electron chi connectivity index (χ3n) is 3.98. The molecule has 0 aliphatic rings. The van der Waals surface area contributed by atoms with Crippen molar-refractivity contribution in [1.29, 1.82) is 0 Å². The van der Waals surface area contributed by atoms with Crippen molar-refractivity contribution in [2.75, 3.05) is 6.61 Å². The first kappa shape index (κ1) is 15.5. The van der Waals surface area contributed by atoms with Gasteiger partial charge >= 0.3 is 5.97 Å². The zero-order chi connectivity index (χ0) is 17.4. The van der Waals surface area contributed by atoms with Crippen LogP contribution >= 0.6 is 11.3 Å². The first-order valence-electron chi connectivity index (χ1n) is 7.85. The molecule has 3 aromatic heterocycles. The maximum Gasteiger partial charge on any atom is 0.340 e. The average molecular weight is 350 g/mol. The average Bonchev–Trinajstić information content (AvgIpc) is 3.29. The zero-order valence-corrected chi connectivity index (χ0v) is 14.2.